The van der Waals surface area contributed by atoms with Gasteiger partial charge in [-0.05, 0) is 6.42 Å². The van der Waals surface area contributed by atoms with Gasteiger partial charge in [0.25, 0.3) is 11.5 Å². The maximum Gasteiger partial charge on any atom is 0.267 e. The number of aromatic hydroxyl groups is 1. The minimum absolute atomic E-state index is 0.0528. The Bertz CT molecular complexity index is 565. The summed E-state index contributed by atoms with van der Waals surface area (Å²) in [5.74, 6) is -1.38. The maximum absolute atomic E-state index is 12.4. The summed E-state index contributed by atoms with van der Waals surface area (Å²) in [6.07, 6.45) is 1.64. The van der Waals surface area contributed by atoms with Gasteiger partial charge in [-0.2, -0.15) is 0 Å². The monoisotopic (exact) mass is 298 g/mol. The second-order valence-corrected chi connectivity index (χ2v) is 4.69. The Hall–Kier alpha value is -1.86. The number of primary amides is 1. The molecule has 7 heteroatoms. The van der Waals surface area contributed by atoms with Crippen molar-refractivity contribution in [1.82, 2.24) is 4.57 Å². The van der Waals surface area contributed by atoms with Gasteiger partial charge in [0.2, 0.25) is 0 Å². The zero-order valence-corrected chi connectivity index (χ0v) is 12.6. The van der Waals surface area contributed by atoms with Crippen LogP contribution in [0.3, 0.4) is 0 Å². The molecule has 0 saturated carbocycles. The summed E-state index contributed by atoms with van der Waals surface area (Å²) in [6.45, 7) is 2.60. The van der Waals surface area contributed by atoms with Crippen LogP contribution in [0.15, 0.2) is 4.79 Å². The molecule has 1 aromatic heterocycles. The quantitative estimate of drug-likeness (QED) is 0.737. The van der Waals surface area contributed by atoms with Gasteiger partial charge in [0.05, 0.1) is 18.9 Å². The highest BCUT2D eigenvalue weighted by Crippen LogP contribution is 2.25. The predicted octanol–water partition coefficient (Wildman–Crippen LogP) is 0.746. The summed E-state index contributed by atoms with van der Waals surface area (Å²) in [5.41, 5.74) is 5.07. The largest absolute Gasteiger partial charge is 0.506 e. The van der Waals surface area contributed by atoms with Gasteiger partial charge in [0.15, 0.2) is 0 Å². The van der Waals surface area contributed by atoms with Crippen molar-refractivity contribution in [2.75, 3.05) is 14.2 Å². The minimum Gasteiger partial charge on any atom is -0.506 e. The van der Waals surface area contributed by atoms with Crippen molar-refractivity contribution in [3.05, 3.63) is 27.2 Å². The van der Waals surface area contributed by atoms with E-state index in [0.717, 1.165) is 12.8 Å². The van der Waals surface area contributed by atoms with E-state index in [-0.39, 0.29) is 13.2 Å². The molecule has 3 N–H and O–H groups in total. The van der Waals surface area contributed by atoms with Gasteiger partial charge in [0, 0.05) is 26.3 Å². The molecule has 1 heterocycles. The molecule has 21 heavy (non-hydrogen) atoms. The molecule has 7 nitrogen and oxygen atoms in total. The van der Waals surface area contributed by atoms with Gasteiger partial charge in [-0.1, -0.05) is 13.3 Å². The van der Waals surface area contributed by atoms with Gasteiger partial charge in [-0.25, -0.2) is 0 Å². The van der Waals surface area contributed by atoms with Crippen molar-refractivity contribution in [2.24, 2.45) is 5.73 Å². The van der Waals surface area contributed by atoms with Gasteiger partial charge < -0.3 is 24.9 Å². The molecule has 0 aliphatic carbocycles. The third-order valence-electron chi connectivity index (χ3n) is 3.21. The first-order chi connectivity index (χ1) is 9.99. The summed E-state index contributed by atoms with van der Waals surface area (Å²) in [4.78, 5) is 23.9. The van der Waals surface area contributed by atoms with Crippen molar-refractivity contribution in [1.29, 1.82) is 0 Å². The molecule has 118 valence electrons. The number of hydrogen-bond donors (Lipinski definition) is 2. The van der Waals surface area contributed by atoms with E-state index < -0.39 is 22.8 Å². The van der Waals surface area contributed by atoms with Gasteiger partial charge in [-0.3, -0.25) is 9.59 Å². The molecular weight excluding hydrogens is 276 g/mol. The molecule has 1 aromatic rings. The molecule has 0 bridgehead atoms. The Morgan fingerprint density at radius 1 is 1.29 bits per heavy atom. The first-order valence-electron chi connectivity index (χ1n) is 6.74. The zero-order chi connectivity index (χ0) is 16.0. The second kappa shape index (κ2) is 7.80. The second-order valence-electron chi connectivity index (χ2n) is 4.69. The van der Waals surface area contributed by atoms with Gasteiger partial charge in [-0.15, -0.1) is 0 Å². The number of hydrogen-bond acceptors (Lipinski definition) is 5. The number of amides is 1. The number of nitrogens with zero attached hydrogens (tertiary/aromatic N) is 1. The lowest BCUT2D eigenvalue weighted by molar-refractivity contribution is 0.0993. The summed E-state index contributed by atoms with van der Waals surface area (Å²) in [6, 6.07) is 0. The van der Waals surface area contributed by atoms with Gasteiger partial charge >= 0.3 is 0 Å². The van der Waals surface area contributed by atoms with Crippen molar-refractivity contribution < 1.29 is 19.4 Å². The molecular formula is C14H22N2O5. The predicted molar refractivity (Wildman–Crippen MR) is 77.2 cm³/mol. The van der Waals surface area contributed by atoms with Gasteiger partial charge in [0.1, 0.15) is 11.3 Å². The Morgan fingerprint density at radius 2 is 1.90 bits per heavy atom. The first-order valence-corrected chi connectivity index (χ1v) is 6.74. The summed E-state index contributed by atoms with van der Waals surface area (Å²) >= 11 is 0. The summed E-state index contributed by atoms with van der Waals surface area (Å²) in [7, 11) is 2.95. The van der Waals surface area contributed by atoms with Crippen LogP contribution < -0.4 is 11.3 Å². The lowest BCUT2D eigenvalue weighted by atomic mass is 10.1. The van der Waals surface area contributed by atoms with Crippen molar-refractivity contribution in [3.63, 3.8) is 0 Å². The third kappa shape index (κ3) is 3.62. The van der Waals surface area contributed by atoms with E-state index in [0.29, 0.717) is 17.8 Å². The van der Waals surface area contributed by atoms with E-state index in [4.69, 9.17) is 15.2 Å². The Balaban J connectivity index is 3.63. The third-order valence-corrected chi connectivity index (χ3v) is 3.21. The number of pyridine rings is 1. The van der Waals surface area contributed by atoms with E-state index >= 15 is 0 Å². The molecule has 0 saturated heterocycles. The topological polar surface area (TPSA) is 104 Å². The number of methoxy groups -OCH3 is 2. The Morgan fingerprint density at radius 3 is 2.38 bits per heavy atom. The molecule has 0 unspecified atom stereocenters. The molecule has 0 atom stereocenters. The van der Waals surface area contributed by atoms with E-state index in [1.165, 1.54) is 18.8 Å². The number of carbonyl (C=O) groups is 1. The summed E-state index contributed by atoms with van der Waals surface area (Å²) < 4.78 is 11.6. The number of ether oxygens (including phenoxy) is 2. The average molecular weight is 298 g/mol. The van der Waals surface area contributed by atoms with Crippen molar-refractivity contribution in [3.8, 4) is 5.75 Å². The minimum atomic E-state index is -0.955. The van der Waals surface area contributed by atoms with E-state index in [2.05, 4.69) is 0 Å². The average Bonchev–Trinajstić information content (AvgIpc) is 2.42. The molecule has 0 fully saturated rings. The van der Waals surface area contributed by atoms with Crippen LogP contribution in [-0.4, -0.2) is 29.8 Å². The smallest absolute Gasteiger partial charge is 0.267 e. The highest BCUT2D eigenvalue weighted by molar-refractivity contribution is 5.95. The van der Waals surface area contributed by atoms with E-state index in [1.807, 2.05) is 6.92 Å². The number of carbonyl (C=O) groups excluding carboxylic acids is 1. The van der Waals surface area contributed by atoms with Crippen LogP contribution in [-0.2, 0) is 29.2 Å². The van der Waals surface area contributed by atoms with Crippen molar-refractivity contribution in [2.45, 2.75) is 39.5 Å². The molecule has 0 radical (unpaired) electrons. The van der Waals surface area contributed by atoms with Crippen molar-refractivity contribution >= 4 is 5.91 Å². The lowest BCUT2D eigenvalue weighted by Crippen LogP contribution is -2.33. The SMILES string of the molecule is CCCCn1c(COC)c(COC)c(O)c(C(N)=O)c1=O. The van der Waals surface area contributed by atoms with Crippen LogP contribution in [0, 0.1) is 0 Å². The zero-order valence-electron chi connectivity index (χ0n) is 12.6. The fourth-order valence-corrected chi connectivity index (χ4v) is 2.18. The summed E-state index contributed by atoms with van der Waals surface area (Å²) in [5, 5.41) is 10.2. The molecule has 0 aromatic carbocycles. The van der Waals surface area contributed by atoms with Crippen LogP contribution in [0.4, 0.5) is 0 Å². The van der Waals surface area contributed by atoms with E-state index in [9.17, 15) is 14.7 Å². The standard InChI is InChI=1S/C14H22N2O5/c1-4-5-6-16-10(8-21-3)9(7-20-2)12(17)11(13(15)18)14(16)19/h17H,4-8H2,1-3H3,(H2,15,18). The van der Waals surface area contributed by atoms with Crippen LogP contribution in [0.1, 0.15) is 41.4 Å². The van der Waals surface area contributed by atoms with Crippen LogP contribution >= 0.6 is 0 Å². The highest BCUT2D eigenvalue weighted by atomic mass is 16.5. The first kappa shape index (κ1) is 17.2. The fourth-order valence-electron chi connectivity index (χ4n) is 2.18. The lowest BCUT2D eigenvalue weighted by Gasteiger charge is -2.19. The number of aromatic nitrogens is 1. The number of nitrogens with two attached hydrogens (primary N) is 1. The Kier molecular flexibility index (Phi) is 6.39. The number of rotatable bonds is 8. The number of unbranched alkanes of at least 4 members (excludes halogenated alkanes) is 1. The molecule has 0 aliphatic rings. The Labute approximate surface area is 123 Å². The van der Waals surface area contributed by atoms with Crippen LogP contribution in [0.2, 0.25) is 0 Å². The normalized spacial score (nSPS) is 10.8. The fraction of sp³-hybridized carbons (Fsp3) is 0.571. The highest BCUT2D eigenvalue weighted by Gasteiger charge is 2.24. The molecule has 0 spiro atoms. The van der Waals surface area contributed by atoms with E-state index in [1.54, 1.807) is 0 Å². The maximum atomic E-state index is 12.4. The molecule has 1 amide bonds. The molecule has 0 aliphatic heterocycles. The van der Waals surface area contributed by atoms with Crippen LogP contribution in [0.25, 0.3) is 0 Å². The van der Waals surface area contributed by atoms with Crippen LogP contribution in [0.5, 0.6) is 5.75 Å². The molecule has 1 rings (SSSR count).